The second-order valence-corrected chi connectivity index (χ2v) is 5.76. The van der Waals surface area contributed by atoms with Crippen LogP contribution in [0.15, 0.2) is 65.6 Å². The molecule has 0 atom stereocenters. The molecule has 0 unspecified atom stereocenters. The maximum atomic E-state index is 11.7. The summed E-state index contributed by atoms with van der Waals surface area (Å²) in [6.07, 6.45) is 1.73. The standard InChI is InChI=1S/C19H16ClNO2/c1-13-7-3-5-9-17(13)23-18-10-6-4-8-14(18)15-12-21(2)19(22)11-16(15)20/h3-12H,1-2H3. The van der Waals surface area contributed by atoms with Crippen molar-refractivity contribution in [1.82, 2.24) is 4.57 Å². The number of nitrogens with zero attached hydrogens (tertiary/aromatic N) is 1. The van der Waals surface area contributed by atoms with E-state index in [1.165, 1.54) is 10.6 Å². The van der Waals surface area contributed by atoms with Crippen LogP contribution in [-0.2, 0) is 7.05 Å². The monoisotopic (exact) mass is 325 g/mol. The molecule has 3 nitrogen and oxygen atoms in total. The van der Waals surface area contributed by atoms with Gasteiger partial charge in [0.25, 0.3) is 5.56 Å². The Morgan fingerprint density at radius 1 is 0.957 bits per heavy atom. The van der Waals surface area contributed by atoms with E-state index in [0.717, 1.165) is 22.4 Å². The fraction of sp³-hybridized carbons (Fsp3) is 0.105. The van der Waals surface area contributed by atoms with E-state index in [4.69, 9.17) is 16.3 Å². The molecule has 2 aromatic carbocycles. The highest BCUT2D eigenvalue weighted by atomic mass is 35.5. The molecule has 116 valence electrons. The Balaban J connectivity index is 2.10. The number of aromatic nitrogens is 1. The Bertz CT molecular complexity index is 915. The lowest BCUT2D eigenvalue weighted by Crippen LogP contribution is -2.14. The predicted octanol–water partition coefficient (Wildman–Crippen LogP) is 4.81. The molecule has 3 rings (SSSR count). The van der Waals surface area contributed by atoms with Crippen LogP contribution in [0.25, 0.3) is 11.1 Å². The van der Waals surface area contributed by atoms with Gasteiger partial charge in [0, 0.05) is 30.4 Å². The summed E-state index contributed by atoms with van der Waals surface area (Å²) >= 11 is 6.27. The van der Waals surface area contributed by atoms with E-state index < -0.39 is 0 Å². The molecule has 23 heavy (non-hydrogen) atoms. The molecule has 0 saturated heterocycles. The Labute approximate surface area is 139 Å². The summed E-state index contributed by atoms with van der Waals surface area (Å²) in [6.45, 7) is 2.00. The van der Waals surface area contributed by atoms with Crippen molar-refractivity contribution in [3.63, 3.8) is 0 Å². The van der Waals surface area contributed by atoms with E-state index >= 15 is 0 Å². The van der Waals surface area contributed by atoms with E-state index in [1.807, 2.05) is 55.5 Å². The Kier molecular flexibility index (Phi) is 4.22. The van der Waals surface area contributed by atoms with Gasteiger partial charge in [-0.3, -0.25) is 4.79 Å². The molecule has 0 radical (unpaired) electrons. The lowest BCUT2D eigenvalue weighted by atomic mass is 10.1. The summed E-state index contributed by atoms with van der Waals surface area (Å²) < 4.78 is 7.58. The molecule has 0 fully saturated rings. The van der Waals surface area contributed by atoms with E-state index in [2.05, 4.69) is 0 Å². The highest BCUT2D eigenvalue weighted by Gasteiger charge is 2.12. The Morgan fingerprint density at radius 3 is 2.35 bits per heavy atom. The maximum absolute atomic E-state index is 11.7. The number of halogens is 1. The van der Waals surface area contributed by atoms with Crippen LogP contribution in [0.2, 0.25) is 5.02 Å². The zero-order valence-electron chi connectivity index (χ0n) is 12.9. The quantitative estimate of drug-likeness (QED) is 0.692. The number of aryl methyl sites for hydroxylation is 2. The van der Waals surface area contributed by atoms with Gasteiger partial charge in [-0.1, -0.05) is 48.0 Å². The van der Waals surface area contributed by atoms with Crippen molar-refractivity contribution < 1.29 is 4.74 Å². The molecule has 0 saturated carbocycles. The van der Waals surface area contributed by atoms with Crippen LogP contribution in [0.1, 0.15) is 5.56 Å². The van der Waals surface area contributed by atoms with Gasteiger partial charge in [0.05, 0.1) is 5.02 Å². The number of benzene rings is 2. The average molecular weight is 326 g/mol. The van der Waals surface area contributed by atoms with Gasteiger partial charge < -0.3 is 9.30 Å². The first kappa shape index (κ1) is 15.4. The third kappa shape index (κ3) is 3.15. The highest BCUT2D eigenvalue weighted by Crippen LogP contribution is 2.36. The maximum Gasteiger partial charge on any atom is 0.251 e. The zero-order chi connectivity index (χ0) is 16.4. The first-order valence-corrected chi connectivity index (χ1v) is 7.63. The molecule has 0 aliphatic carbocycles. The first-order valence-electron chi connectivity index (χ1n) is 7.25. The van der Waals surface area contributed by atoms with Gasteiger partial charge in [0.1, 0.15) is 11.5 Å². The van der Waals surface area contributed by atoms with Crippen LogP contribution >= 0.6 is 11.6 Å². The predicted molar refractivity (Wildman–Crippen MR) is 93.4 cm³/mol. The molecule has 1 aromatic heterocycles. The fourth-order valence-corrected chi connectivity index (χ4v) is 2.62. The minimum absolute atomic E-state index is 0.143. The largest absolute Gasteiger partial charge is 0.456 e. The van der Waals surface area contributed by atoms with Crippen molar-refractivity contribution in [3.8, 4) is 22.6 Å². The van der Waals surface area contributed by atoms with Gasteiger partial charge in [0.2, 0.25) is 0 Å². The Morgan fingerprint density at radius 2 is 1.61 bits per heavy atom. The van der Waals surface area contributed by atoms with Crippen molar-refractivity contribution in [2.75, 3.05) is 0 Å². The molecule has 0 amide bonds. The molecule has 0 aliphatic heterocycles. The van der Waals surface area contributed by atoms with Crippen LogP contribution in [0.3, 0.4) is 0 Å². The van der Waals surface area contributed by atoms with Crippen molar-refractivity contribution in [3.05, 3.63) is 81.7 Å². The molecular weight excluding hydrogens is 310 g/mol. The van der Waals surface area contributed by atoms with Gasteiger partial charge >= 0.3 is 0 Å². The lowest BCUT2D eigenvalue weighted by Gasteiger charge is -2.14. The number of hydrogen-bond acceptors (Lipinski definition) is 2. The minimum atomic E-state index is -0.143. The van der Waals surface area contributed by atoms with E-state index in [0.29, 0.717) is 10.8 Å². The average Bonchev–Trinajstić information content (AvgIpc) is 2.54. The van der Waals surface area contributed by atoms with Gasteiger partial charge in [0.15, 0.2) is 0 Å². The van der Waals surface area contributed by atoms with Crippen LogP contribution in [0.5, 0.6) is 11.5 Å². The van der Waals surface area contributed by atoms with E-state index in [1.54, 1.807) is 13.2 Å². The van der Waals surface area contributed by atoms with Gasteiger partial charge in [-0.15, -0.1) is 0 Å². The topological polar surface area (TPSA) is 31.2 Å². The minimum Gasteiger partial charge on any atom is -0.456 e. The summed E-state index contributed by atoms with van der Waals surface area (Å²) in [6, 6.07) is 16.9. The van der Waals surface area contributed by atoms with Gasteiger partial charge in [-0.2, -0.15) is 0 Å². The summed E-state index contributed by atoms with van der Waals surface area (Å²) in [5, 5.41) is 0.411. The van der Waals surface area contributed by atoms with Crippen molar-refractivity contribution >= 4 is 11.6 Å². The molecule has 0 spiro atoms. The third-order valence-electron chi connectivity index (χ3n) is 3.67. The lowest BCUT2D eigenvalue weighted by molar-refractivity contribution is 0.480. The molecule has 1 heterocycles. The molecule has 3 aromatic rings. The number of hydrogen-bond donors (Lipinski definition) is 0. The van der Waals surface area contributed by atoms with Crippen LogP contribution in [-0.4, -0.2) is 4.57 Å². The summed E-state index contributed by atoms with van der Waals surface area (Å²) in [4.78, 5) is 11.7. The summed E-state index contributed by atoms with van der Waals surface area (Å²) in [5.74, 6) is 1.49. The molecule has 0 N–H and O–H groups in total. The normalized spacial score (nSPS) is 10.6. The zero-order valence-corrected chi connectivity index (χ0v) is 13.7. The SMILES string of the molecule is Cc1ccccc1Oc1ccccc1-c1cn(C)c(=O)cc1Cl. The number of para-hydroxylation sites is 2. The summed E-state index contributed by atoms with van der Waals surface area (Å²) in [7, 11) is 1.70. The van der Waals surface area contributed by atoms with Crippen molar-refractivity contribution in [2.45, 2.75) is 6.92 Å². The van der Waals surface area contributed by atoms with Crippen molar-refractivity contribution in [1.29, 1.82) is 0 Å². The highest BCUT2D eigenvalue weighted by molar-refractivity contribution is 6.33. The van der Waals surface area contributed by atoms with Gasteiger partial charge in [-0.05, 0) is 24.6 Å². The third-order valence-corrected chi connectivity index (χ3v) is 3.98. The number of rotatable bonds is 3. The second kappa shape index (κ2) is 6.31. The molecule has 0 bridgehead atoms. The second-order valence-electron chi connectivity index (χ2n) is 5.35. The fourth-order valence-electron chi connectivity index (χ4n) is 2.37. The smallest absolute Gasteiger partial charge is 0.251 e. The Hall–Kier alpha value is -2.52. The van der Waals surface area contributed by atoms with Gasteiger partial charge in [-0.25, -0.2) is 0 Å². The number of pyridine rings is 1. The van der Waals surface area contributed by atoms with E-state index in [-0.39, 0.29) is 5.56 Å². The molecule has 0 aliphatic rings. The summed E-state index contributed by atoms with van der Waals surface area (Å²) in [5.41, 5.74) is 2.51. The molecule has 4 heteroatoms. The van der Waals surface area contributed by atoms with E-state index in [9.17, 15) is 4.79 Å². The van der Waals surface area contributed by atoms with Crippen molar-refractivity contribution in [2.24, 2.45) is 7.05 Å². The number of ether oxygens (including phenoxy) is 1. The first-order chi connectivity index (χ1) is 11.1. The van der Waals surface area contributed by atoms with Crippen LogP contribution in [0.4, 0.5) is 0 Å². The molecular formula is C19H16ClNO2. The van der Waals surface area contributed by atoms with Crippen LogP contribution in [0, 0.1) is 6.92 Å². The van der Waals surface area contributed by atoms with Crippen LogP contribution < -0.4 is 10.3 Å².